The topological polar surface area (TPSA) is 146 Å². The van der Waals surface area contributed by atoms with E-state index in [1.54, 1.807) is 56.3 Å². The summed E-state index contributed by atoms with van der Waals surface area (Å²) < 4.78 is 41.6. The number of rotatable bonds is 13. The van der Waals surface area contributed by atoms with E-state index in [2.05, 4.69) is 37.1 Å². The van der Waals surface area contributed by atoms with Gasteiger partial charge in [-0.25, -0.2) is 19.4 Å². The van der Waals surface area contributed by atoms with E-state index in [0.29, 0.717) is 38.4 Å². The van der Waals surface area contributed by atoms with E-state index in [9.17, 15) is 18.8 Å². The highest BCUT2D eigenvalue weighted by atomic mass is 79.9. The van der Waals surface area contributed by atoms with Crippen LogP contribution in [-0.2, 0) is 20.9 Å². The molecule has 1 atom stereocenters. The number of carbonyl (C=O) groups is 3. The molecule has 0 unspecified atom stereocenters. The third kappa shape index (κ3) is 8.53. The summed E-state index contributed by atoms with van der Waals surface area (Å²) in [5.41, 5.74) is 4.82. The van der Waals surface area contributed by atoms with Gasteiger partial charge in [-0.1, -0.05) is 18.2 Å². The number of hydrazone groups is 1. The molecule has 0 fully saturated rings. The van der Waals surface area contributed by atoms with Crippen molar-refractivity contribution in [2.24, 2.45) is 5.10 Å². The molecule has 12 nitrogen and oxygen atoms in total. The van der Waals surface area contributed by atoms with Crippen LogP contribution in [0.25, 0.3) is 0 Å². The number of methoxy groups -OCH3 is 2. The van der Waals surface area contributed by atoms with Crippen molar-refractivity contribution < 1.29 is 42.5 Å². The van der Waals surface area contributed by atoms with E-state index in [4.69, 9.17) is 23.7 Å². The number of hydrogen-bond donors (Lipinski definition) is 3. The van der Waals surface area contributed by atoms with Crippen LogP contribution in [-0.4, -0.2) is 51.6 Å². The molecule has 14 heteroatoms. The fraction of sp³-hybridized carbons (Fsp3) is 0.250. The predicted octanol–water partition coefficient (Wildman–Crippen LogP) is 4.90. The lowest BCUT2D eigenvalue weighted by atomic mass is 9.95. The molecule has 0 radical (unpaired) electrons. The Morgan fingerprint density at radius 2 is 1.78 bits per heavy atom. The van der Waals surface area contributed by atoms with Crippen molar-refractivity contribution in [3.05, 3.63) is 92.8 Å². The van der Waals surface area contributed by atoms with Crippen molar-refractivity contribution >= 4 is 40.1 Å². The van der Waals surface area contributed by atoms with Gasteiger partial charge < -0.3 is 34.3 Å². The zero-order valence-electron chi connectivity index (χ0n) is 25.4. The second-order valence-corrected chi connectivity index (χ2v) is 10.6. The van der Waals surface area contributed by atoms with Gasteiger partial charge in [0, 0.05) is 15.7 Å². The summed E-state index contributed by atoms with van der Waals surface area (Å²) in [5.74, 6) is -0.0929. The minimum absolute atomic E-state index is 0.136. The van der Waals surface area contributed by atoms with Gasteiger partial charge in [0.15, 0.2) is 29.6 Å². The Labute approximate surface area is 273 Å². The highest BCUT2D eigenvalue weighted by Gasteiger charge is 2.32. The maximum atomic E-state index is 13.5. The summed E-state index contributed by atoms with van der Waals surface area (Å²) in [4.78, 5) is 37.3. The molecule has 3 amide bonds. The molecule has 0 aromatic heterocycles. The van der Waals surface area contributed by atoms with Crippen LogP contribution in [0.4, 0.5) is 9.18 Å². The summed E-state index contributed by atoms with van der Waals surface area (Å²) in [6.07, 6.45) is 1.42. The number of halogens is 2. The van der Waals surface area contributed by atoms with E-state index in [1.807, 2.05) is 0 Å². The monoisotopic (exact) mass is 698 g/mol. The first-order valence-electron chi connectivity index (χ1n) is 14.0. The Bertz CT molecular complexity index is 1680. The highest BCUT2D eigenvalue weighted by Crippen LogP contribution is 2.35. The van der Waals surface area contributed by atoms with Crippen LogP contribution in [0.1, 0.15) is 36.6 Å². The van der Waals surface area contributed by atoms with Gasteiger partial charge in [0.1, 0.15) is 12.4 Å². The van der Waals surface area contributed by atoms with E-state index >= 15 is 0 Å². The molecule has 0 saturated heterocycles. The molecule has 3 aromatic rings. The van der Waals surface area contributed by atoms with Gasteiger partial charge in [-0.2, -0.15) is 5.10 Å². The van der Waals surface area contributed by atoms with E-state index < -0.39 is 23.9 Å². The molecule has 46 heavy (non-hydrogen) atoms. The zero-order valence-corrected chi connectivity index (χ0v) is 27.0. The fourth-order valence-corrected chi connectivity index (χ4v) is 4.89. The molecular weight excluding hydrogens is 667 g/mol. The molecule has 3 N–H and O–H groups in total. The number of urea groups is 1. The van der Waals surface area contributed by atoms with Crippen LogP contribution in [0.2, 0.25) is 0 Å². The molecule has 3 aromatic carbocycles. The largest absolute Gasteiger partial charge is 0.493 e. The van der Waals surface area contributed by atoms with E-state index in [0.717, 1.165) is 0 Å². The zero-order chi connectivity index (χ0) is 33.2. The molecule has 4 rings (SSSR count). The summed E-state index contributed by atoms with van der Waals surface area (Å²) in [7, 11) is 2.91. The van der Waals surface area contributed by atoms with Crippen molar-refractivity contribution in [2.75, 3.05) is 27.4 Å². The van der Waals surface area contributed by atoms with Gasteiger partial charge in [-0.3, -0.25) is 4.79 Å². The van der Waals surface area contributed by atoms with Crippen molar-refractivity contribution in [2.45, 2.75) is 26.5 Å². The van der Waals surface area contributed by atoms with Gasteiger partial charge in [-0.05, 0) is 77.3 Å². The molecule has 0 spiro atoms. The van der Waals surface area contributed by atoms with Crippen molar-refractivity contribution in [3.8, 4) is 23.0 Å². The minimum Gasteiger partial charge on any atom is -0.493 e. The first kappa shape index (κ1) is 33.8. The number of amides is 3. The minimum atomic E-state index is -0.791. The maximum absolute atomic E-state index is 13.5. The summed E-state index contributed by atoms with van der Waals surface area (Å²) in [5, 5.41) is 9.30. The van der Waals surface area contributed by atoms with Crippen LogP contribution in [0.5, 0.6) is 23.0 Å². The Morgan fingerprint density at radius 3 is 2.50 bits per heavy atom. The second kappa shape index (κ2) is 15.8. The van der Waals surface area contributed by atoms with Crippen molar-refractivity contribution in [1.29, 1.82) is 0 Å². The van der Waals surface area contributed by atoms with Gasteiger partial charge in [-0.15, -0.1) is 0 Å². The first-order valence-corrected chi connectivity index (χ1v) is 14.8. The van der Waals surface area contributed by atoms with Crippen LogP contribution in [0, 0.1) is 5.82 Å². The number of benzene rings is 3. The van der Waals surface area contributed by atoms with E-state index in [1.165, 1.54) is 32.6 Å². The van der Waals surface area contributed by atoms with Gasteiger partial charge in [0.2, 0.25) is 0 Å². The lowest BCUT2D eigenvalue weighted by Gasteiger charge is -2.28. The van der Waals surface area contributed by atoms with Gasteiger partial charge >= 0.3 is 12.0 Å². The summed E-state index contributed by atoms with van der Waals surface area (Å²) in [6, 6.07) is 13.0. The molecule has 1 aliphatic heterocycles. The number of hydrogen-bond acceptors (Lipinski definition) is 9. The number of esters is 1. The second-order valence-electron chi connectivity index (χ2n) is 9.73. The van der Waals surface area contributed by atoms with Crippen LogP contribution < -0.4 is 35.0 Å². The summed E-state index contributed by atoms with van der Waals surface area (Å²) >= 11 is 3.46. The smallest absolute Gasteiger partial charge is 0.338 e. The Hall–Kier alpha value is -5.11. The third-order valence-electron chi connectivity index (χ3n) is 6.60. The molecule has 242 valence electrons. The quantitative estimate of drug-likeness (QED) is 0.130. The molecule has 1 aliphatic rings. The van der Waals surface area contributed by atoms with Crippen LogP contribution in [0.3, 0.4) is 0 Å². The van der Waals surface area contributed by atoms with Crippen molar-refractivity contribution in [3.63, 3.8) is 0 Å². The Morgan fingerprint density at radius 1 is 1.02 bits per heavy atom. The number of ether oxygens (including phenoxy) is 5. The van der Waals surface area contributed by atoms with Gasteiger partial charge in [0.25, 0.3) is 5.91 Å². The first-order chi connectivity index (χ1) is 22.1. The lowest BCUT2D eigenvalue weighted by molar-refractivity contribution is -0.139. The van der Waals surface area contributed by atoms with E-state index in [-0.39, 0.29) is 42.7 Å². The van der Waals surface area contributed by atoms with Crippen LogP contribution in [0.15, 0.2) is 75.4 Å². The standard InChI is InChI=1S/C32H32BrFN4O8/c1-5-44-31(40)29-18(2)36-32(41)37-30(29)20-9-10-24(25(12-20)42-3)46-17-28(39)38-35-15-21-13-26(43-4)27(14-23(21)33)45-16-19-7-6-8-22(34)11-19/h6-15,30H,5,16-17H2,1-4H3,(H,38,39)(H2,36,37,41)/b35-15-/t30-/m1/s1. The number of allylic oxidation sites excluding steroid dienone is 1. The SMILES string of the molecule is CCOC(=O)C1=C(C)NC(=O)N[C@@H]1c1ccc(OCC(=O)N/N=C\c2cc(OC)c(OCc3cccc(F)c3)cc2Br)c(OC)c1. The number of nitrogens with zero attached hydrogens (tertiary/aromatic N) is 1. The molecule has 0 bridgehead atoms. The van der Waals surface area contributed by atoms with Crippen LogP contribution >= 0.6 is 15.9 Å². The highest BCUT2D eigenvalue weighted by molar-refractivity contribution is 9.10. The number of nitrogens with one attached hydrogen (secondary N) is 3. The Balaban J connectivity index is 1.38. The average Bonchev–Trinajstić information content (AvgIpc) is 3.03. The lowest BCUT2D eigenvalue weighted by Crippen LogP contribution is -2.45. The average molecular weight is 700 g/mol. The Kier molecular flexibility index (Phi) is 11.6. The normalized spacial score (nSPS) is 14.3. The van der Waals surface area contributed by atoms with Crippen molar-refractivity contribution in [1.82, 2.24) is 16.1 Å². The van der Waals surface area contributed by atoms with Gasteiger partial charge in [0.05, 0.1) is 38.7 Å². The molecule has 1 heterocycles. The third-order valence-corrected chi connectivity index (χ3v) is 7.29. The molecule has 0 aliphatic carbocycles. The summed E-state index contributed by atoms with van der Waals surface area (Å²) in [6.45, 7) is 3.23. The fourth-order valence-electron chi connectivity index (χ4n) is 4.47. The number of carbonyl (C=O) groups excluding carboxylic acids is 3. The maximum Gasteiger partial charge on any atom is 0.338 e. The molecular formula is C32H32BrFN4O8. The predicted molar refractivity (Wildman–Crippen MR) is 169 cm³/mol. The molecule has 0 saturated carbocycles.